The quantitative estimate of drug-likeness (QED) is 0.798. The highest BCUT2D eigenvalue weighted by molar-refractivity contribution is 9.10. The first-order valence-electron chi connectivity index (χ1n) is 6.67. The van der Waals surface area contributed by atoms with E-state index in [1.165, 1.54) is 5.56 Å². The first-order valence-corrected chi connectivity index (χ1v) is 7.46. The monoisotopic (exact) mass is 326 g/mol. The minimum atomic E-state index is -0.0359. The zero-order valence-electron chi connectivity index (χ0n) is 11.1. The zero-order valence-corrected chi connectivity index (χ0v) is 12.7. The molecule has 0 spiro atoms. The van der Waals surface area contributed by atoms with Crippen LogP contribution >= 0.6 is 15.9 Å². The summed E-state index contributed by atoms with van der Waals surface area (Å²) in [6, 6.07) is 2.09. The molecular formula is C14H19BrN2O2. The number of pyridine rings is 1. The highest BCUT2D eigenvalue weighted by atomic mass is 79.9. The van der Waals surface area contributed by atoms with Gasteiger partial charge >= 0.3 is 5.97 Å². The summed E-state index contributed by atoms with van der Waals surface area (Å²) in [5, 5.41) is 0. The Labute approximate surface area is 122 Å². The van der Waals surface area contributed by atoms with E-state index in [4.69, 9.17) is 4.74 Å². The Hall–Kier alpha value is -0.940. The molecule has 19 heavy (non-hydrogen) atoms. The van der Waals surface area contributed by atoms with E-state index in [0.717, 1.165) is 36.9 Å². The van der Waals surface area contributed by atoms with E-state index in [1.807, 2.05) is 13.1 Å². The van der Waals surface area contributed by atoms with Crippen LogP contribution in [-0.4, -0.2) is 35.5 Å². The molecule has 2 heterocycles. The topological polar surface area (TPSA) is 42.4 Å². The van der Waals surface area contributed by atoms with Crippen molar-refractivity contribution in [2.75, 3.05) is 19.7 Å². The van der Waals surface area contributed by atoms with Crippen LogP contribution < -0.4 is 0 Å². The molecule has 2 rings (SSSR count). The number of carbonyl (C=O) groups is 1. The Kier molecular flexibility index (Phi) is 5.34. The van der Waals surface area contributed by atoms with E-state index in [9.17, 15) is 4.79 Å². The first kappa shape index (κ1) is 14.5. The van der Waals surface area contributed by atoms with Crippen molar-refractivity contribution in [1.82, 2.24) is 9.88 Å². The summed E-state index contributed by atoms with van der Waals surface area (Å²) in [5.41, 5.74) is 1.20. The van der Waals surface area contributed by atoms with Gasteiger partial charge < -0.3 is 4.74 Å². The predicted octanol–water partition coefficient (Wildman–Crippen LogP) is 2.62. The second-order valence-electron chi connectivity index (χ2n) is 4.81. The third-order valence-electron chi connectivity index (χ3n) is 3.38. The van der Waals surface area contributed by atoms with Gasteiger partial charge in [0, 0.05) is 23.4 Å². The summed E-state index contributed by atoms with van der Waals surface area (Å²) in [6.45, 7) is 5.10. The average Bonchev–Trinajstić information content (AvgIpc) is 2.40. The number of halogens is 1. The Bertz CT molecular complexity index is 431. The molecule has 0 aromatic carbocycles. The van der Waals surface area contributed by atoms with Crippen molar-refractivity contribution in [3.63, 3.8) is 0 Å². The van der Waals surface area contributed by atoms with Gasteiger partial charge in [0.05, 0.1) is 12.5 Å². The van der Waals surface area contributed by atoms with E-state index >= 15 is 0 Å². The first-order chi connectivity index (χ1) is 9.19. The van der Waals surface area contributed by atoms with E-state index < -0.39 is 0 Å². The smallest absolute Gasteiger partial charge is 0.309 e. The molecule has 5 heteroatoms. The van der Waals surface area contributed by atoms with Crippen molar-refractivity contribution >= 4 is 21.9 Å². The summed E-state index contributed by atoms with van der Waals surface area (Å²) >= 11 is 3.43. The van der Waals surface area contributed by atoms with Crippen LogP contribution in [0.15, 0.2) is 22.9 Å². The summed E-state index contributed by atoms with van der Waals surface area (Å²) in [6.07, 6.45) is 5.46. The highest BCUT2D eigenvalue weighted by Crippen LogP contribution is 2.20. The second-order valence-corrected chi connectivity index (χ2v) is 5.73. The fourth-order valence-electron chi connectivity index (χ4n) is 2.39. The molecule has 0 aliphatic carbocycles. The van der Waals surface area contributed by atoms with Crippen LogP contribution in [0.25, 0.3) is 0 Å². The number of piperidine rings is 1. The van der Waals surface area contributed by atoms with Gasteiger partial charge in [0.2, 0.25) is 0 Å². The van der Waals surface area contributed by atoms with Gasteiger partial charge in [0.1, 0.15) is 0 Å². The number of ether oxygens (including phenoxy) is 1. The maximum atomic E-state index is 11.7. The maximum absolute atomic E-state index is 11.7. The fraction of sp³-hybridized carbons (Fsp3) is 0.571. The van der Waals surface area contributed by atoms with Crippen LogP contribution in [0, 0.1) is 5.92 Å². The average molecular weight is 327 g/mol. The molecule has 0 bridgehead atoms. The normalized spacial score (nSPS) is 17.4. The van der Waals surface area contributed by atoms with Gasteiger partial charge in [-0.1, -0.05) is 0 Å². The van der Waals surface area contributed by atoms with Crippen molar-refractivity contribution in [1.29, 1.82) is 0 Å². The van der Waals surface area contributed by atoms with Crippen LogP contribution in [0.3, 0.4) is 0 Å². The number of nitrogens with zero attached hydrogens (tertiary/aromatic N) is 2. The summed E-state index contributed by atoms with van der Waals surface area (Å²) in [5.74, 6) is 0.0445. The van der Waals surface area contributed by atoms with E-state index in [0.29, 0.717) is 6.61 Å². The Morgan fingerprint density at radius 2 is 2.21 bits per heavy atom. The van der Waals surface area contributed by atoms with Gasteiger partial charge in [-0.15, -0.1) is 0 Å². The van der Waals surface area contributed by atoms with E-state index in [2.05, 4.69) is 31.9 Å². The lowest BCUT2D eigenvalue weighted by Gasteiger charge is -2.30. The summed E-state index contributed by atoms with van der Waals surface area (Å²) in [7, 11) is 0. The standard InChI is InChI=1S/C14H19BrN2O2/c1-2-19-14(18)12-3-5-17(6-4-12)10-11-7-13(15)9-16-8-11/h7-9,12H,2-6,10H2,1H3. The lowest BCUT2D eigenvalue weighted by Crippen LogP contribution is -2.36. The lowest BCUT2D eigenvalue weighted by atomic mass is 9.97. The van der Waals surface area contributed by atoms with Gasteiger partial charge in [-0.05, 0) is 60.4 Å². The van der Waals surface area contributed by atoms with Crippen LogP contribution in [0.5, 0.6) is 0 Å². The van der Waals surface area contributed by atoms with Gasteiger partial charge in [-0.2, -0.15) is 0 Å². The molecule has 1 aromatic rings. The fourth-order valence-corrected chi connectivity index (χ4v) is 2.80. The van der Waals surface area contributed by atoms with E-state index in [1.54, 1.807) is 6.20 Å². The van der Waals surface area contributed by atoms with Gasteiger partial charge in [-0.3, -0.25) is 14.7 Å². The second kappa shape index (κ2) is 7.01. The summed E-state index contributed by atoms with van der Waals surface area (Å²) < 4.78 is 6.08. The molecule has 0 saturated carbocycles. The molecule has 0 N–H and O–H groups in total. The van der Waals surface area contributed by atoms with Crippen molar-refractivity contribution < 1.29 is 9.53 Å². The van der Waals surface area contributed by atoms with Crippen LogP contribution in [-0.2, 0) is 16.1 Å². The SMILES string of the molecule is CCOC(=O)C1CCN(Cc2cncc(Br)c2)CC1. The number of rotatable bonds is 4. The molecule has 0 amide bonds. The maximum Gasteiger partial charge on any atom is 0.309 e. The van der Waals surface area contributed by atoms with Gasteiger partial charge in [0.15, 0.2) is 0 Å². The van der Waals surface area contributed by atoms with Crippen molar-refractivity contribution in [3.05, 3.63) is 28.5 Å². The van der Waals surface area contributed by atoms with Crippen molar-refractivity contribution in [2.24, 2.45) is 5.92 Å². The molecule has 1 aromatic heterocycles. The minimum absolute atomic E-state index is 0.0359. The number of esters is 1. The summed E-state index contributed by atoms with van der Waals surface area (Å²) in [4.78, 5) is 18.2. The molecular weight excluding hydrogens is 308 g/mol. The molecule has 1 saturated heterocycles. The Balaban J connectivity index is 1.82. The molecule has 4 nitrogen and oxygen atoms in total. The zero-order chi connectivity index (χ0) is 13.7. The minimum Gasteiger partial charge on any atom is -0.466 e. The lowest BCUT2D eigenvalue weighted by molar-refractivity contribution is -0.149. The van der Waals surface area contributed by atoms with Gasteiger partial charge in [0.25, 0.3) is 0 Å². The van der Waals surface area contributed by atoms with Gasteiger partial charge in [-0.25, -0.2) is 0 Å². The molecule has 1 aliphatic rings. The molecule has 1 aliphatic heterocycles. The number of hydrogen-bond acceptors (Lipinski definition) is 4. The Morgan fingerprint density at radius 3 is 2.84 bits per heavy atom. The number of likely N-dealkylation sites (tertiary alicyclic amines) is 1. The predicted molar refractivity (Wildman–Crippen MR) is 76.6 cm³/mol. The molecule has 1 fully saturated rings. The van der Waals surface area contributed by atoms with E-state index in [-0.39, 0.29) is 11.9 Å². The number of hydrogen-bond donors (Lipinski definition) is 0. The van der Waals surface area contributed by atoms with Crippen molar-refractivity contribution in [2.45, 2.75) is 26.3 Å². The largest absolute Gasteiger partial charge is 0.466 e. The third-order valence-corrected chi connectivity index (χ3v) is 3.81. The van der Waals surface area contributed by atoms with Crippen LogP contribution in [0.4, 0.5) is 0 Å². The highest BCUT2D eigenvalue weighted by Gasteiger charge is 2.25. The molecule has 0 radical (unpaired) electrons. The molecule has 104 valence electrons. The third kappa shape index (κ3) is 4.28. The number of aromatic nitrogens is 1. The van der Waals surface area contributed by atoms with Crippen molar-refractivity contribution in [3.8, 4) is 0 Å². The number of carbonyl (C=O) groups excluding carboxylic acids is 1. The molecule has 0 atom stereocenters. The van der Waals surface area contributed by atoms with Crippen LogP contribution in [0.2, 0.25) is 0 Å². The Morgan fingerprint density at radius 1 is 1.47 bits per heavy atom. The van der Waals surface area contributed by atoms with Crippen LogP contribution in [0.1, 0.15) is 25.3 Å². The molecule has 0 unspecified atom stereocenters.